The van der Waals surface area contributed by atoms with Crippen molar-refractivity contribution in [2.45, 2.75) is 57.0 Å². The van der Waals surface area contributed by atoms with Gasteiger partial charge in [0.15, 0.2) is 5.65 Å². The fraction of sp³-hybridized carbons (Fsp3) is 0.366. The molecule has 0 bridgehead atoms. The molecule has 0 spiro atoms. The van der Waals surface area contributed by atoms with E-state index in [4.69, 9.17) is 10.1 Å². The minimum atomic E-state index is -0.397. The van der Waals surface area contributed by atoms with Gasteiger partial charge in [0.25, 0.3) is 0 Å². The summed E-state index contributed by atoms with van der Waals surface area (Å²) in [5, 5.41) is 7.48. The van der Waals surface area contributed by atoms with Crippen molar-refractivity contribution in [2.75, 3.05) is 49.1 Å². The van der Waals surface area contributed by atoms with Gasteiger partial charge in [-0.1, -0.05) is 24.3 Å². The van der Waals surface area contributed by atoms with Gasteiger partial charge >= 0.3 is 0 Å². The van der Waals surface area contributed by atoms with Gasteiger partial charge in [0.05, 0.1) is 35.3 Å². The van der Waals surface area contributed by atoms with Crippen molar-refractivity contribution in [2.24, 2.45) is 0 Å². The van der Waals surface area contributed by atoms with Crippen LogP contribution in [0.3, 0.4) is 0 Å². The summed E-state index contributed by atoms with van der Waals surface area (Å²) < 4.78 is 17.8. The number of imidazole rings is 2. The predicted octanol–water partition coefficient (Wildman–Crippen LogP) is 5.74. The van der Waals surface area contributed by atoms with Crippen LogP contribution in [-0.2, 0) is 16.0 Å². The molecule has 3 aliphatic rings. The summed E-state index contributed by atoms with van der Waals surface area (Å²) in [6, 6.07) is 23.1. The van der Waals surface area contributed by atoms with Crippen molar-refractivity contribution in [1.82, 2.24) is 39.3 Å². The van der Waals surface area contributed by atoms with Gasteiger partial charge in [0, 0.05) is 39.1 Å². The van der Waals surface area contributed by atoms with E-state index in [0.717, 1.165) is 117 Å². The second-order valence-electron chi connectivity index (χ2n) is 14.6. The smallest absolute Gasteiger partial charge is 0.249 e. The molecule has 276 valence electrons. The van der Waals surface area contributed by atoms with E-state index in [9.17, 15) is 14.0 Å². The molecular formula is C41H43FN10O2. The second-order valence-corrected chi connectivity index (χ2v) is 14.6. The summed E-state index contributed by atoms with van der Waals surface area (Å²) >= 11 is 0. The first kappa shape index (κ1) is 34.1. The Hall–Kier alpha value is -5.69. The number of unbranched alkanes of at least 4 members (excludes halogenated alkanes) is 1. The average Bonchev–Trinajstić information content (AvgIpc) is 3.96. The molecule has 0 saturated carbocycles. The van der Waals surface area contributed by atoms with Gasteiger partial charge in [-0.3, -0.25) is 19.8 Å². The molecule has 3 saturated heterocycles. The maximum atomic E-state index is 14.1. The molecule has 3 aliphatic heterocycles. The van der Waals surface area contributed by atoms with Crippen molar-refractivity contribution < 1.29 is 14.0 Å². The molecule has 6 aromatic rings. The molecule has 7 heterocycles. The highest BCUT2D eigenvalue weighted by atomic mass is 19.1. The molecule has 2 aromatic carbocycles. The number of hydrogen-bond donors (Lipinski definition) is 1. The maximum absolute atomic E-state index is 14.1. The summed E-state index contributed by atoms with van der Waals surface area (Å²) in [7, 11) is 0. The molecule has 2 unspecified atom stereocenters. The standard InChI is InChI=1S/C41H43FN10O2/c42-30-8-3-7-29(25-30)33-10-5-19-50(33)39-16-15-37-43-26-36(52(37)47-39)31-9-4-11-38(45-31)49-22-20-48(21-23-49)18-2-1-6-28-12-13-34-32(24-28)44-27-51(34)35-14-17-40(53)46-41(35)54/h3-4,7-9,11-13,15-16,24-27,33,35H,1-2,5-6,10,14,17-23H2,(H,46,53,54). The minimum Gasteiger partial charge on any atom is -0.354 e. The van der Waals surface area contributed by atoms with Crippen LogP contribution in [0.4, 0.5) is 16.0 Å². The summed E-state index contributed by atoms with van der Waals surface area (Å²) in [4.78, 5) is 45.4. The number of fused-ring (bicyclic) bond motifs is 2. The van der Waals surface area contributed by atoms with E-state index in [-0.39, 0.29) is 23.7 Å². The zero-order valence-corrected chi connectivity index (χ0v) is 30.1. The van der Waals surface area contributed by atoms with Crippen LogP contribution < -0.4 is 15.1 Å². The zero-order chi connectivity index (χ0) is 36.6. The Morgan fingerprint density at radius 1 is 0.833 bits per heavy atom. The van der Waals surface area contributed by atoms with Gasteiger partial charge in [-0.05, 0) is 105 Å². The molecule has 4 aromatic heterocycles. The number of anilines is 2. The average molecular weight is 727 g/mol. The van der Waals surface area contributed by atoms with E-state index in [0.29, 0.717) is 12.8 Å². The molecule has 12 nitrogen and oxygen atoms in total. The molecule has 1 N–H and O–H groups in total. The fourth-order valence-electron chi connectivity index (χ4n) is 8.33. The van der Waals surface area contributed by atoms with Crippen molar-refractivity contribution in [3.63, 3.8) is 0 Å². The van der Waals surface area contributed by atoms with Crippen LogP contribution in [0, 0.1) is 5.82 Å². The van der Waals surface area contributed by atoms with Crippen molar-refractivity contribution in [3.05, 3.63) is 102 Å². The Kier molecular flexibility index (Phi) is 9.23. The number of nitrogens with one attached hydrogen (secondary N) is 1. The van der Waals surface area contributed by atoms with Crippen LogP contribution in [0.5, 0.6) is 0 Å². The Labute approximate surface area is 312 Å². The largest absolute Gasteiger partial charge is 0.354 e. The number of nitrogens with zero attached hydrogens (tertiary/aromatic N) is 9. The number of imide groups is 1. The normalized spacial score (nSPS) is 19.6. The fourth-order valence-corrected chi connectivity index (χ4v) is 8.33. The SMILES string of the molecule is O=C1CCC(n2cnc3cc(CCCCN4CCN(c5cccc(-c6cnc7ccc(N8CCCC8c8cccc(F)c8)nn67)n5)CC4)ccc32)C(=O)N1. The summed E-state index contributed by atoms with van der Waals surface area (Å²) in [5.74, 6) is 1.12. The van der Waals surface area contributed by atoms with Crippen LogP contribution in [0.1, 0.15) is 61.7 Å². The number of amides is 2. The number of pyridine rings is 1. The van der Waals surface area contributed by atoms with Crippen LogP contribution in [0.25, 0.3) is 28.1 Å². The molecule has 54 heavy (non-hydrogen) atoms. The minimum absolute atomic E-state index is 0.0827. The van der Waals surface area contributed by atoms with Crippen LogP contribution in [0.15, 0.2) is 85.3 Å². The van der Waals surface area contributed by atoms with E-state index in [1.54, 1.807) is 18.5 Å². The Morgan fingerprint density at radius 3 is 2.59 bits per heavy atom. The lowest BCUT2D eigenvalue weighted by atomic mass is 10.0. The number of piperidine rings is 1. The van der Waals surface area contributed by atoms with Gasteiger partial charge in [-0.2, -0.15) is 0 Å². The van der Waals surface area contributed by atoms with Crippen molar-refractivity contribution >= 4 is 40.1 Å². The lowest BCUT2D eigenvalue weighted by Crippen LogP contribution is -2.46. The number of benzene rings is 2. The highest BCUT2D eigenvalue weighted by Crippen LogP contribution is 2.36. The molecular weight excluding hydrogens is 684 g/mol. The number of hydrogen-bond acceptors (Lipinski definition) is 9. The van der Waals surface area contributed by atoms with E-state index in [1.165, 1.54) is 11.6 Å². The third kappa shape index (κ3) is 6.79. The topological polar surface area (TPSA) is 117 Å². The number of halogens is 1. The second kappa shape index (κ2) is 14.6. The highest BCUT2D eigenvalue weighted by Gasteiger charge is 2.30. The quantitative estimate of drug-likeness (QED) is 0.139. The van der Waals surface area contributed by atoms with E-state index in [1.807, 2.05) is 45.6 Å². The summed E-state index contributed by atoms with van der Waals surface area (Å²) in [6.07, 6.45) is 9.56. The van der Waals surface area contributed by atoms with Crippen LogP contribution in [0.2, 0.25) is 0 Å². The molecule has 3 fully saturated rings. The molecule has 9 rings (SSSR count). The van der Waals surface area contributed by atoms with Gasteiger partial charge in [0.2, 0.25) is 11.8 Å². The Balaban J connectivity index is 0.793. The first-order chi connectivity index (χ1) is 26.5. The number of carbonyl (C=O) groups excluding carboxylic acids is 2. The van der Waals surface area contributed by atoms with Gasteiger partial charge < -0.3 is 14.4 Å². The number of aromatic nitrogens is 6. The number of carbonyl (C=O) groups is 2. The highest BCUT2D eigenvalue weighted by molar-refractivity contribution is 6.00. The Bertz CT molecular complexity index is 2330. The van der Waals surface area contributed by atoms with E-state index in [2.05, 4.69) is 54.2 Å². The van der Waals surface area contributed by atoms with E-state index >= 15 is 0 Å². The molecule has 0 radical (unpaired) electrons. The molecule has 0 aliphatic carbocycles. The van der Waals surface area contributed by atoms with Gasteiger partial charge in [-0.15, -0.1) is 5.10 Å². The van der Waals surface area contributed by atoms with Crippen LogP contribution >= 0.6 is 0 Å². The summed E-state index contributed by atoms with van der Waals surface area (Å²) in [6.45, 7) is 5.71. The number of piperazine rings is 1. The molecule has 2 atom stereocenters. The first-order valence-electron chi connectivity index (χ1n) is 19.1. The monoisotopic (exact) mass is 726 g/mol. The lowest BCUT2D eigenvalue weighted by Gasteiger charge is -2.35. The maximum Gasteiger partial charge on any atom is 0.249 e. The Morgan fingerprint density at radius 2 is 1.72 bits per heavy atom. The van der Waals surface area contributed by atoms with Gasteiger partial charge in [0.1, 0.15) is 29.2 Å². The third-order valence-corrected chi connectivity index (χ3v) is 11.2. The molecule has 2 amide bonds. The van der Waals surface area contributed by atoms with Crippen LogP contribution in [-0.4, -0.2) is 85.1 Å². The lowest BCUT2D eigenvalue weighted by molar-refractivity contribution is -0.135. The third-order valence-electron chi connectivity index (χ3n) is 11.2. The van der Waals surface area contributed by atoms with Gasteiger partial charge in [-0.25, -0.2) is 23.9 Å². The first-order valence-corrected chi connectivity index (χ1v) is 19.1. The summed E-state index contributed by atoms with van der Waals surface area (Å²) in [5.41, 5.74) is 6.46. The number of rotatable bonds is 10. The zero-order valence-electron chi connectivity index (χ0n) is 30.1. The van der Waals surface area contributed by atoms with Crippen molar-refractivity contribution in [1.29, 1.82) is 0 Å². The number of aryl methyl sites for hydroxylation is 1. The predicted molar refractivity (Wildman–Crippen MR) is 205 cm³/mol. The molecule has 13 heteroatoms. The van der Waals surface area contributed by atoms with Crippen molar-refractivity contribution in [3.8, 4) is 11.4 Å². The van der Waals surface area contributed by atoms with E-state index < -0.39 is 6.04 Å².